The van der Waals surface area contributed by atoms with Crippen molar-refractivity contribution < 1.29 is 9.63 Å². The van der Waals surface area contributed by atoms with E-state index in [2.05, 4.69) is 33.1 Å². The van der Waals surface area contributed by atoms with Gasteiger partial charge in [0.05, 0.1) is 11.4 Å². The van der Waals surface area contributed by atoms with Gasteiger partial charge in [0.2, 0.25) is 6.10 Å². The van der Waals surface area contributed by atoms with Crippen molar-refractivity contribution in [3.8, 4) is 0 Å². The number of hydrogen-bond acceptors (Lipinski definition) is 4. The molecule has 6 nitrogen and oxygen atoms in total. The number of likely N-dealkylation sites (N-methyl/N-ethyl adjacent to an activating group) is 1. The average molecular weight is 419 g/mol. The maximum atomic E-state index is 12.8. The molecule has 0 saturated heterocycles. The Balaban J connectivity index is 1.66. The number of carbonyl (C=O) groups is 1. The molecule has 0 spiro atoms. The van der Waals surface area contributed by atoms with E-state index in [1.165, 1.54) is 0 Å². The Hall–Kier alpha value is -2.15. The van der Waals surface area contributed by atoms with Crippen LogP contribution in [-0.2, 0) is 22.7 Å². The van der Waals surface area contributed by atoms with E-state index in [0.717, 1.165) is 39.2 Å². The van der Waals surface area contributed by atoms with E-state index in [9.17, 15) is 4.79 Å². The Morgan fingerprint density at radius 3 is 2.85 bits per heavy atom. The Morgan fingerprint density at radius 1 is 1.42 bits per heavy atom. The summed E-state index contributed by atoms with van der Waals surface area (Å²) in [7, 11) is 1.80. The number of benzene rings is 1. The summed E-state index contributed by atoms with van der Waals surface area (Å²) in [5.74, 6) is -0.0678. The van der Waals surface area contributed by atoms with E-state index in [0.29, 0.717) is 13.0 Å². The number of oxime groups is 1. The summed E-state index contributed by atoms with van der Waals surface area (Å²) in [5.41, 5.74) is 4.91. The molecule has 1 aliphatic heterocycles. The van der Waals surface area contributed by atoms with Gasteiger partial charge in [-0.3, -0.25) is 9.48 Å². The van der Waals surface area contributed by atoms with Crippen LogP contribution in [0.1, 0.15) is 35.9 Å². The number of halogens is 1. The van der Waals surface area contributed by atoms with Gasteiger partial charge in [0.15, 0.2) is 0 Å². The highest BCUT2D eigenvalue weighted by Crippen LogP contribution is 2.22. The van der Waals surface area contributed by atoms with Crippen LogP contribution in [0.5, 0.6) is 0 Å². The highest BCUT2D eigenvalue weighted by Gasteiger charge is 2.31. The van der Waals surface area contributed by atoms with Gasteiger partial charge >= 0.3 is 0 Å². The average Bonchev–Trinajstić information content (AvgIpc) is 3.21. The van der Waals surface area contributed by atoms with Gasteiger partial charge in [0, 0.05) is 47.9 Å². The normalized spacial score (nSPS) is 16.3. The lowest BCUT2D eigenvalue weighted by molar-refractivity contribution is -0.141. The highest BCUT2D eigenvalue weighted by molar-refractivity contribution is 9.10. The zero-order valence-corrected chi connectivity index (χ0v) is 17.1. The molecule has 0 fully saturated rings. The maximum absolute atomic E-state index is 12.8. The van der Waals surface area contributed by atoms with Gasteiger partial charge in [-0.2, -0.15) is 5.10 Å². The first kappa shape index (κ1) is 18.6. The highest BCUT2D eigenvalue weighted by atomic mass is 79.9. The fraction of sp³-hybridized carbons (Fsp3) is 0.421. The Morgan fingerprint density at radius 2 is 2.19 bits per heavy atom. The molecule has 2 heterocycles. The summed E-state index contributed by atoms with van der Waals surface area (Å²) < 4.78 is 2.94. The number of nitrogens with zero attached hydrogens (tertiary/aromatic N) is 4. The van der Waals surface area contributed by atoms with Crippen LogP contribution in [0, 0.1) is 13.8 Å². The van der Waals surface area contributed by atoms with Gasteiger partial charge in [-0.1, -0.05) is 33.2 Å². The van der Waals surface area contributed by atoms with Crippen molar-refractivity contribution in [3.05, 3.63) is 51.3 Å². The van der Waals surface area contributed by atoms with Gasteiger partial charge in [0.1, 0.15) is 0 Å². The van der Waals surface area contributed by atoms with Crippen molar-refractivity contribution in [1.29, 1.82) is 0 Å². The summed E-state index contributed by atoms with van der Waals surface area (Å²) in [5, 5.41) is 8.64. The molecule has 0 radical (unpaired) electrons. The van der Waals surface area contributed by atoms with Crippen molar-refractivity contribution in [1.82, 2.24) is 14.7 Å². The Labute approximate surface area is 161 Å². The fourth-order valence-electron chi connectivity index (χ4n) is 3.18. The minimum atomic E-state index is -0.573. The molecule has 1 aromatic carbocycles. The molecule has 0 N–H and O–H groups in total. The van der Waals surface area contributed by atoms with Gasteiger partial charge in [0.25, 0.3) is 5.91 Å². The van der Waals surface area contributed by atoms with Gasteiger partial charge < -0.3 is 9.74 Å². The lowest BCUT2D eigenvalue weighted by Crippen LogP contribution is -2.36. The van der Waals surface area contributed by atoms with Crippen molar-refractivity contribution in [2.45, 2.75) is 46.4 Å². The summed E-state index contributed by atoms with van der Waals surface area (Å²) in [6, 6.07) is 7.84. The summed E-state index contributed by atoms with van der Waals surface area (Å²) in [6.45, 7) is 7.42. The monoisotopic (exact) mass is 418 g/mol. The minimum Gasteiger partial charge on any atom is -0.382 e. The molecular weight excluding hydrogens is 396 g/mol. The van der Waals surface area contributed by atoms with Crippen LogP contribution < -0.4 is 0 Å². The smallest absolute Gasteiger partial charge is 0.266 e. The zero-order chi connectivity index (χ0) is 18.8. The first-order valence-electron chi connectivity index (χ1n) is 8.67. The SMILES string of the molecule is CCn1nc(C)c(CN(C)C(=O)C2CC(c3cccc(Br)c3)=NO2)c1C. The van der Waals surface area contributed by atoms with Crippen LogP contribution in [-0.4, -0.2) is 39.5 Å². The van der Waals surface area contributed by atoms with Crippen LogP contribution in [0.3, 0.4) is 0 Å². The number of carbonyl (C=O) groups excluding carboxylic acids is 1. The molecule has 2 aromatic rings. The topological polar surface area (TPSA) is 59.7 Å². The minimum absolute atomic E-state index is 0.0678. The molecule has 138 valence electrons. The molecule has 0 bridgehead atoms. The second-order valence-electron chi connectivity index (χ2n) is 6.51. The second-order valence-corrected chi connectivity index (χ2v) is 7.42. The molecule has 7 heteroatoms. The summed E-state index contributed by atoms with van der Waals surface area (Å²) >= 11 is 3.46. The molecule has 1 aromatic heterocycles. The van der Waals surface area contributed by atoms with Gasteiger partial charge in [-0.05, 0) is 32.9 Å². The number of aryl methyl sites for hydroxylation is 2. The zero-order valence-electron chi connectivity index (χ0n) is 15.5. The molecule has 1 amide bonds. The summed E-state index contributed by atoms with van der Waals surface area (Å²) in [6.07, 6.45) is -0.0953. The summed E-state index contributed by atoms with van der Waals surface area (Å²) in [4.78, 5) is 19.9. The van der Waals surface area contributed by atoms with Crippen LogP contribution >= 0.6 is 15.9 Å². The molecule has 1 unspecified atom stereocenters. The van der Waals surface area contributed by atoms with E-state index in [1.54, 1.807) is 11.9 Å². The predicted molar refractivity (Wildman–Crippen MR) is 104 cm³/mol. The third-order valence-electron chi connectivity index (χ3n) is 4.70. The molecule has 1 aliphatic rings. The van der Waals surface area contributed by atoms with Crippen LogP contribution in [0.2, 0.25) is 0 Å². The Bertz CT molecular complexity index is 859. The van der Waals surface area contributed by atoms with E-state index in [4.69, 9.17) is 4.84 Å². The van der Waals surface area contributed by atoms with Gasteiger partial charge in [-0.25, -0.2) is 0 Å². The van der Waals surface area contributed by atoms with Crippen molar-refractivity contribution in [3.63, 3.8) is 0 Å². The standard InChI is InChI=1S/C19H23BrN4O2/c1-5-24-13(3)16(12(2)21-24)11-23(4)19(25)18-10-17(22-26-18)14-7-6-8-15(20)9-14/h6-9,18H,5,10-11H2,1-4H3. The quantitative estimate of drug-likeness (QED) is 0.746. The first-order valence-corrected chi connectivity index (χ1v) is 9.46. The third kappa shape index (κ3) is 3.67. The second kappa shape index (κ2) is 7.61. The lowest BCUT2D eigenvalue weighted by Gasteiger charge is -2.20. The van der Waals surface area contributed by atoms with E-state index in [-0.39, 0.29) is 5.91 Å². The van der Waals surface area contributed by atoms with Crippen molar-refractivity contribution >= 4 is 27.5 Å². The van der Waals surface area contributed by atoms with Crippen LogP contribution in [0.4, 0.5) is 0 Å². The molecule has 1 atom stereocenters. The maximum Gasteiger partial charge on any atom is 0.266 e. The van der Waals surface area contributed by atoms with E-state index < -0.39 is 6.10 Å². The predicted octanol–water partition coefficient (Wildman–Crippen LogP) is 3.43. The third-order valence-corrected chi connectivity index (χ3v) is 5.20. The van der Waals surface area contributed by atoms with Crippen LogP contribution in [0.15, 0.2) is 33.9 Å². The lowest BCUT2D eigenvalue weighted by atomic mass is 10.0. The van der Waals surface area contributed by atoms with Crippen LogP contribution in [0.25, 0.3) is 0 Å². The van der Waals surface area contributed by atoms with Gasteiger partial charge in [-0.15, -0.1) is 0 Å². The number of amides is 1. The molecule has 0 saturated carbocycles. The van der Waals surface area contributed by atoms with Crippen molar-refractivity contribution in [2.75, 3.05) is 7.05 Å². The van der Waals surface area contributed by atoms with Crippen molar-refractivity contribution in [2.24, 2.45) is 5.16 Å². The Kier molecular flexibility index (Phi) is 5.46. The molecule has 0 aliphatic carbocycles. The molecular formula is C19H23BrN4O2. The molecule has 26 heavy (non-hydrogen) atoms. The largest absolute Gasteiger partial charge is 0.382 e. The fourth-order valence-corrected chi connectivity index (χ4v) is 3.58. The first-order chi connectivity index (χ1) is 12.4. The van der Waals surface area contributed by atoms with E-state index in [1.807, 2.05) is 42.8 Å². The van der Waals surface area contributed by atoms with E-state index >= 15 is 0 Å². The molecule has 3 rings (SSSR count). The number of aromatic nitrogens is 2. The number of rotatable bonds is 5. The number of hydrogen-bond donors (Lipinski definition) is 0.